The highest BCUT2D eigenvalue weighted by Gasteiger charge is 2.12. The van der Waals surface area contributed by atoms with E-state index in [-0.39, 0.29) is 11.7 Å². The van der Waals surface area contributed by atoms with Gasteiger partial charge < -0.3 is 5.32 Å². The Hall–Kier alpha value is -0.720. The Kier molecular flexibility index (Phi) is 5.80. The Morgan fingerprint density at radius 3 is 2.71 bits per heavy atom. The largest absolute Gasteiger partial charge is 0.359 e. The molecule has 94 valence electrons. The van der Waals surface area contributed by atoms with E-state index in [0.717, 1.165) is 8.66 Å². The first-order valence-corrected chi connectivity index (χ1v) is 6.81. The number of Topliss-reactive ketones (excluding diaryl/α,β-unsaturated/α-hetero) is 1. The van der Waals surface area contributed by atoms with Crippen molar-refractivity contribution >= 4 is 39.0 Å². The SMILES string of the molecule is CNC(=O)CCN(C)CC(=O)c1ccc(Br)s1. The summed E-state index contributed by atoms with van der Waals surface area (Å²) in [6, 6.07) is 3.67. The number of amides is 1. The van der Waals surface area contributed by atoms with Crippen molar-refractivity contribution in [1.82, 2.24) is 10.2 Å². The van der Waals surface area contributed by atoms with Gasteiger partial charge in [-0.15, -0.1) is 11.3 Å². The molecule has 6 heteroatoms. The van der Waals surface area contributed by atoms with Gasteiger partial charge in [0.2, 0.25) is 5.91 Å². The van der Waals surface area contributed by atoms with Gasteiger partial charge in [-0.1, -0.05) is 0 Å². The molecular weight excluding hydrogens is 304 g/mol. The van der Waals surface area contributed by atoms with Crippen molar-refractivity contribution in [2.24, 2.45) is 0 Å². The Balaban J connectivity index is 2.38. The summed E-state index contributed by atoms with van der Waals surface area (Å²) in [5, 5.41) is 2.55. The minimum absolute atomic E-state index is 0.0110. The molecule has 1 aromatic heterocycles. The van der Waals surface area contributed by atoms with Gasteiger partial charge in [-0.2, -0.15) is 0 Å². The second-order valence-electron chi connectivity index (χ2n) is 3.69. The maximum atomic E-state index is 11.8. The van der Waals surface area contributed by atoms with Crippen LogP contribution in [0.4, 0.5) is 0 Å². The summed E-state index contributed by atoms with van der Waals surface area (Å²) >= 11 is 4.75. The summed E-state index contributed by atoms with van der Waals surface area (Å²) in [5.74, 6) is 0.0725. The zero-order chi connectivity index (χ0) is 12.8. The number of ketones is 1. The Labute approximate surface area is 113 Å². The zero-order valence-corrected chi connectivity index (χ0v) is 12.2. The Morgan fingerprint density at radius 1 is 1.47 bits per heavy atom. The number of carbonyl (C=O) groups is 2. The topological polar surface area (TPSA) is 49.4 Å². The van der Waals surface area contributed by atoms with Crippen molar-refractivity contribution in [3.8, 4) is 0 Å². The number of rotatable bonds is 6. The number of thiophene rings is 1. The van der Waals surface area contributed by atoms with Crippen LogP contribution in [0.15, 0.2) is 15.9 Å². The highest BCUT2D eigenvalue weighted by atomic mass is 79.9. The number of hydrogen-bond acceptors (Lipinski definition) is 4. The molecule has 0 aromatic carbocycles. The first-order valence-electron chi connectivity index (χ1n) is 5.20. The van der Waals surface area contributed by atoms with Gasteiger partial charge in [0.15, 0.2) is 5.78 Å². The molecular formula is C11H15BrN2O2S. The molecule has 0 unspecified atom stereocenters. The number of nitrogens with one attached hydrogen (secondary N) is 1. The van der Waals surface area contributed by atoms with Gasteiger partial charge in [0, 0.05) is 20.0 Å². The van der Waals surface area contributed by atoms with Crippen LogP contribution in [0.2, 0.25) is 0 Å². The minimum atomic E-state index is -0.0110. The molecule has 17 heavy (non-hydrogen) atoms. The third kappa shape index (κ3) is 4.97. The molecule has 0 radical (unpaired) electrons. The molecule has 0 spiro atoms. The van der Waals surface area contributed by atoms with Crippen molar-refractivity contribution in [2.75, 3.05) is 27.2 Å². The molecule has 0 saturated heterocycles. The molecule has 1 aromatic rings. The normalized spacial score (nSPS) is 10.6. The van der Waals surface area contributed by atoms with Crippen LogP contribution in [0.3, 0.4) is 0 Å². The van der Waals surface area contributed by atoms with Gasteiger partial charge in [-0.3, -0.25) is 14.5 Å². The van der Waals surface area contributed by atoms with E-state index in [2.05, 4.69) is 21.2 Å². The quantitative estimate of drug-likeness (QED) is 0.813. The smallest absolute Gasteiger partial charge is 0.221 e. The third-order valence-corrected chi connectivity index (χ3v) is 3.93. The van der Waals surface area contributed by atoms with Gasteiger partial charge in [-0.25, -0.2) is 0 Å². The summed E-state index contributed by atoms with van der Waals surface area (Å²) < 4.78 is 0.953. The lowest BCUT2D eigenvalue weighted by atomic mass is 10.3. The molecule has 0 fully saturated rings. The first kappa shape index (κ1) is 14.3. The van der Waals surface area contributed by atoms with Gasteiger partial charge in [-0.05, 0) is 35.1 Å². The molecule has 0 aliphatic rings. The number of likely N-dealkylation sites (N-methyl/N-ethyl adjacent to an activating group) is 1. The molecule has 0 bridgehead atoms. The van der Waals surface area contributed by atoms with Crippen LogP contribution in [0, 0.1) is 0 Å². The molecule has 0 aliphatic heterocycles. The second-order valence-corrected chi connectivity index (χ2v) is 6.15. The van der Waals surface area contributed by atoms with Crippen LogP contribution in [-0.2, 0) is 4.79 Å². The molecule has 0 aliphatic carbocycles. The summed E-state index contributed by atoms with van der Waals surface area (Å²) in [6.07, 6.45) is 0.411. The fourth-order valence-corrected chi connectivity index (χ4v) is 2.60. The zero-order valence-electron chi connectivity index (χ0n) is 9.83. The fraction of sp³-hybridized carbons (Fsp3) is 0.455. The molecule has 0 saturated carbocycles. The number of halogens is 1. The fourth-order valence-electron chi connectivity index (χ4n) is 1.28. The van der Waals surface area contributed by atoms with E-state index in [1.54, 1.807) is 7.05 Å². The van der Waals surface area contributed by atoms with Crippen LogP contribution >= 0.6 is 27.3 Å². The predicted molar refractivity (Wildman–Crippen MR) is 72.5 cm³/mol. The molecule has 1 rings (SSSR count). The van der Waals surface area contributed by atoms with E-state index >= 15 is 0 Å². The highest BCUT2D eigenvalue weighted by Crippen LogP contribution is 2.22. The van der Waals surface area contributed by atoms with E-state index < -0.39 is 0 Å². The van der Waals surface area contributed by atoms with Gasteiger partial charge >= 0.3 is 0 Å². The van der Waals surface area contributed by atoms with Gasteiger partial charge in [0.1, 0.15) is 0 Å². The van der Waals surface area contributed by atoms with Crippen LogP contribution < -0.4 is 5.32 Å². The monoisotopic (exact) mass is 318 g/mol. The molecule has 1 heterocycles. The average molecular weight is 319 g/mol. The average Bonchev–Trinajstić information content (AvgIpc) is 2.72. The third-order valence-electron chi connectivity index (χ3n) is 2.26. The maximum absolute atomic E-state index is 11.8. The lowest BCUT2D eigenvalue weighted by molar-refractivity contribution is -0.120. The van der Waals surface area contributed by atoms with Crippen LogP contribution in [0.1, 0.15) is 16.1 Å². The van der Waals surface area contributed by atoms with Crippen molar-refractivity contribution in [1.29, 1.82) is 0 Å². The van der Waals surface area contributed by atoms with E-state index in [0.29, 0.717) is 19.5 Å². The minimum Gasteiger partial charge on any atom is -0.359 e. The van der Waals surface area contributed by atoms with Crippen molar-refractivity contribution in [2.45, 2.75) is 6.42 Å². The summed E-state index contributed by atoms with van der Waals surface area (Å²) in [6.45, 7) is 0.919. The number of hydrogen-bond donors (Lipinski definition) is 1. The van der Waals surface area contributed by atoms with Crippen LogP contribution in [0.5, 0.6) is 0 Å². The van der Waals surface area contributed by atoms with Crippen molar-refractivity contribution in [3.63, 3.8) is 0 Å². The maximum Gasteiger partial charge on any atom is 0.221 e. The summed E-state index contributed by atoms with van der Waals surface area (Å²) in [5.41, 5.74) is 0. The Bertz CT molecular complexity index is 406. The lowest BCUT2D eigenvalue weighted by Crippen LogP contribution is -2.30. The highest BCUT2D eigenvalue weighted by molar-refractivity contribution is 9.11. The molecule has 1 N–H and O–H groups in total. The first-order chi connectivity index (χ1) is 8.02. The molecule has 1 amide bonds. The Morgan fingerprint density at radius 2 is 2.18 bits per heavy atom. The molecule has 4 nitrogen and oxygen atoms in total. The van der Waals surface area contributed by atoms with Gasteiger partial charge in [0.05, 0.1) is 15.2 Å². The van der Waals surface area contributed by atoms with Crippen molar-refractivity contribution < 1.29 is 9.59 Å². The van der Waals surface area contributed by atoms with Crippen LogP contribution in [0.25, 0.3) is 0 Å². The standard InChI is InChI=1S/C11H15BrN2O2S/c1-13-11(16)5-6-14(2)7-8(15)9-3-4-10(12)17-9/h3-4H,5-7H2,1-2H3,(H,13,16). The predicted octanol–water partition coefficient (Wildman–Crippen LogP) is 1.76. The van der Waals surface area contributed by atoms with E-state index in [9.17, 15) is 9.59 Å². The van der Waals surface area contributed by atoms with Crippen LogP contribution in [-0.4, -0.2) is 43.8 Å². The van der Waals surface area contributed by atoms with E-state index in [4.69, 9.17) is 0 Å². The lowest BCUT2D eigenvalue weighted by Gasteiger charge is -2.14. The molecule has 0 atom stereocenters. The van der Waals surface area contributed by atoms with Gasteiger partial charge in [0.25, 0.3) is 0 Å². The second kappa shape index (κ2) is 6.88. The van der Waals surface area contributed by atoms with Crippen molar-refractivity contribution in [3.05, 3.63) is 20.8 Å². The summed E-state index contributed by atoms with van der Waals surface area (Å²) in [4.78, 5) is 25.5. The number of nitrogens with zero attached hydrogens (tertiary/aromatic N) is 1. The summed E-state index contributed by atoms with van der Waals surface area (Å²) in [7, 11) is 3.44. The van der Waals surface area contributed by atoms with E-state index in [1.165, 1.54) is 11.3 Å². The van der Waals surface area contributed by atoms with E-state index in [1.807, 2.05) is 24.1 Å². The number of carbonyl (C=O) groups excluding carboxylic acids is 2.